The molecule has 0 rings (SSSR count). The Balaban J connectivity index is 0. The Kier molecular flexibility index (Phi) is 14.4. The Morgan fingerprint density at radius 1 is 1.00 bits per heavy atom. The molecule has 0 aliphatic carbocycles. The van der Waals surface area contributed by atoms with Gasteiger partial charge in [-0.2, -0.15) is 12.6 Å². The number of hydrogen-bond donors (Lipinski definition) is 1. The molecule has 0 radical (unpaired) electrons. The van der Waals surface area contributed by atoms with Gasteiger partial charge in [0.2, 0.25) is 0 Å². The van der Waals surface area contributed by atoms with Gasteiger partial charge < -0.3 is 4.90 Å². The molecule has 0 unspecified atom stereocenters. The van der Waals surface area contributed by atoms with E-state index in [0.717, 1.165) is 0 Å². The van der Waals surface area contributed by atoms with Crippen LogP contribution in [0.15, 0.2) is 0 Å². The highest BCUT2D eigenvalue weighted by atomic mass is 32.1. The zero-order valence-electron chi connectivity index (χ0n) is 4.89. The van der Waals surface area contributed by atoms with Gasteiger partial charge in [-0.25, -0.2) is 0 Å². The largest absolute Gasteiger partial charge is 0.312 e. The summed E-state index contributed by atoms with van der Waals surface area (Å²) < 4.78 is 0. The maximum Gasteiger partial charge on any atom is -0.0140 e. The first kappa shape index (κ1) is 9.58. The predicted molar refractivity (Wildman–Crippen MR) is 34.5 cm³/mol. The highest BCUT2D eigenvalue weighted by Crippen LogP contribution is 1.47. The fourth-order valence-electron chi connectivity index (χ4n) is 0. The lowest BCUT2D eigenvalue weighted by atomic mass is 11.0. The molecule has 40 valence electrons. The van der Waals surface area contributed by atoms with E-state index >= 15 is 0 Å². The van der Waals surface area contributed by atoms with Crippen LogP contribution in [0.5, 0.6) is 0 Å². The Morgan fingerprint density at radius 3 is 1.00 bits per heavy atom. The zero-order valence-corrected chi connectivity index (χ0v) is 5.79. The molecule has 6 heavy (non-hydrogen) atoms. The lowest BCUT2D eigenvalue weighted by Gasteiger charge is -1.90. The van der Waals surface area contributed by atoms with Gasteiger partial charge in [0.15, 0.2) is 0 Å². The van der Waals surface area contributed by atoms with E-state index in [1.165, 1.54) is 0 Å². The predicted octanol–water partition coefficient (Wildman–Crippen LogP) is 0.724. The Hall–Kier alpha value is 0.310. The Morgan fingerprint density at radius 2 is 1.00 bits per heavy atom. The van der Waals surface area contributed by atoms with Crippen LogP contribution in [0.2, 0.25) is 0 Å². The van der Waals surface area contributed by atoms with E-state index in [1.54, 1.807) is 6.26 Å². The third-order valence-electron chi connectivity index (χ3n) is 0. The number of nitrogens with zero attached hydrogens (tertiary/aromatic N) is 1. The van der Waals surface area contributed by atoms with Crippen molar-refractivity contribution in [3.05, 3.63) is 0 Å². The topological polar surface area (TPSA) is 3.24 Å². The molecule has 0 aromatic carbocycles. The second-order valence-corrected chi connectivity index (χ2v) is 1.34. The Labute approximate surface area is 45.8 Å². The molecular formula is C4H13NS. The number of rotatable bonds is 0. The second-order valence-electron chi connectivity index (χ2n) is 1.34. The summed E-state index contributed by atoms with van der Waals surface area (Å²) in [6.07, 6.45) is 1.69. The van der Waals surface area contributed by atoms with Crippen LogP contribution >= 0.6 is 12.6 Å². The molecule has 0 spiro atoms. The van der Waals surface area contributed by atoms with E-state index in [2.05, 4.69) is 12.6 Å². The smallest absolute Gasteiger partial charge is 0.0140 e. The van der Waals surface area contributed by atoms with E-state index < -0.39 is 0 Å². The summed E-state index contributed by atoms with van der Waals surface area (Å²) in [6.45, 7) is 0. The van der Waals surface area contributed by atoms with Crippen molar-refractivity contribution < 1.29 is 0 Å². The Bertz CT molecular complexity index is 12.3. The quantitative estimate of drug-likeness (QED) is 0.446. The molecular weight excluding hydrogens is 94.1 g/mol. The summed E-state index contributed by atoms with van der Waals surface area (Å²) in [6, 6.07) is 0. The van der Waals surface area contributed by atoms with Crippen LogP contribution in [0.3, 0.4) is 0 Å². The maximum absolute atomic E-state index is 3.53. The van der Waals surface area contributed by atoms with E-state index in [0.29, 0.717) is 0 Å². The van der Waals surface area contributed by atoms with Crippen LogP contribution in [0.4, 0.5) is 0 Å². The van der Waals surface area contributed by atoms with Crippen molar-refractivity contribution >= 4 is 12.6 Å². The molecule has 1 nitrogen and oxygen atoms in total. The molecule has 0 bridgehead atoms. The van der Waals surface area contributed by atoms with Gasteiger partial charge >= 0.3 is 0 Å². The van der Waals surface area contributed by atoms with Gasteiger partial charge in [-0.15, -0.1) is 0 Å². The average Bonchev–Trinajstić information content (AvgIpc) is 1.41. The van der Waals surface area contributed by atoms with Crippen molar-refractivity contribution in [1.82, 2.24) is 4.90 Å². The third kappa shape index (κ3) is 491. The van der Waals surface area contributed by atoms with Gasteiger partial charge in [0.25, 0.3) is 0 Å². The van der Waals surface area contributed by atoms with Crippen LogP contribution in [-0.2, 0) is 0 Å². The summed E-state index contributed by atoms with van der Waals surface area (Å²) in [5, 5.41) is 0. The van der Waals surface area contributed by atoms with Crippen LogP contribution in [-0.4, -0.2) is 32.3 Å². The first-order valence-corrected chi connectivity index (χ1v) is 2.68. The fraction of sp³-hybridized carbons (Fsp3) is 1.00. The first-order chi connectivity index (χ1) is 2.73. The van der Waals surface area contributed by atoms with E-state index in [-0.39, 0.29) is 0 Å². The molecule has 0 aliphatic rings. The highest BCUT2D eigenvalue weighted by Gasteiger charge is 1.58. The molecule has 0 aromatic heterocycles. The zero-order chi connectivity index (χ0) is 5.58. The van der Waals surface area contributed by atoms with Crippen LogP contribution in [0, 0.1) is 0 Å². The maximum atomic E-state index is 3.53. The minimum Gasteiger partial charge on any atom is -0.312 e. The third-order valence-corrected chi connectivity index (χ3v) is 0. The summed E-state index contributed by atoms with van der Waals surface area (Å²) in [5.41, 5.74) is 0. The van der Waals surface area contributed by atoms with Gasteiger partial charge in [0.1, 0.15) is 0 Å². The minimum absolute atomic E-state index is 1.69. The van der Waals surface area contributed by atoms with Crippen LogP contribution in [0.25, 0.3) is 0 Å². The molecule has 0 aromatic rings. The SMILES string of the molecule is CN(C)C.CS. The van der Waals surface area contributed by atoms with Crippen molar-refractivity contribution in [3.63, 3.8) is 0 Å². The summed E-state index contributed by atoms with van der Waals surface area (Å²) in [7, 11) is 6.00. The molecule has 2 heteroatoms. The lowest BCUT2D eigenvalue weighted by molar-refractivity contribution is 0.505. The minimum atomic E-state index is 1.69. The number of hydrogen-bond acceptors (Lipinski definition) is 2. The van der Waals surface area contributed by atoms with Gasteiger partial charge in [0.05, 0.1) is 0 Å². The molecule has 0 N–H and O–H groups in total. The van der Waals surface area contributed by atoms with Gasteiger partial charge in [-0.05, 0) is 27.4 Å². The van der Waals surface area contributed by atoms with Crippen LogP contribution < -0.4 is 0 Å². The van der Waals surface area contributed by atoms with E-state index in [1.807, 2.05) is 26.0 Å². The van der Waals surface area contributed by atoms with Gasteiger partial charge in [-0.1, -0.05) is 0 Å². The normalized spacial score (nSPS) is 7.00. The van der Waals surface area contributed by atoms with Crippen LogP contribution in [0.1, 0.15) is 0 Å². The second kappa shape index (κ2) is 9.00. The van der Waals surface area contributed by atoms with Crippen molar-refractivity contribution in [1.29, 1.82) is 0 Å². The molecule has 0 heterocycles. The molecule has 0 saturated heterocycles. The van der Waals surface area contributed by atoms with E-state index in [4.69, 9.17) is 0 Å². The average molecular weight is 107 g/mol. The highest BCUT2D eigenvalue weighted by molar-refractivity contribution is 7.79. The monoisotopic (exact) mass is 107 g/mol. The summed E-state index contributed by atoms with van der Waals surface area (Å²) >= 11 is 3.53. The lowest BCUT2D eigenvalue weighted by Crippen LogP contribution is -1.99. The molecule has 0 atom stereocenters. The standard InChI is InChI=1S/C3H9N.CH4S/c1-4(2)3;1-2/h1-3H3;2H,1H3. The van der Waals surface area contributed by atoms with Crippen molar-refractivity contribution in [2.24, 2.45) is 0 Å². The molecule has 0 fully saturated rings. The summed E-state index contributed by atoms with van der Waals surface area (Å²) in [5.74, 6) is 0. The van der Waals surface area contributed by atoms with Crippen molar-refractivity contribution in [3.8, 4) is 0 Å². The van der Waals surface area contributed by atoms with Crippen molar-refractivity contribution in [2.75, 3.05) is 27.4 Å². The molecule has 0 amide bonds. The first-order valence-electron chi connectivity index (χ1n) is 1.79. The fourth-order valence-corrected chi connectivity index (χ4v) is 0. The van der Waals surface area contributed by atoms with Gasteiger partial charge in [-0.3, -0.25) is 0 Å². The van der Waals surface area contributed by atoms with E-state index in [9.17, 15) is 0 Å². The number of thiol groups is 1. The molecule has 0 aliphatic heterocycles. The van der Waals surface area contributed by atoms with Crippen molar-refractivity contribution in [2.45, 2.75) is 0 Å². The summed E-state index contributed by atoms with van der Waals surface area (Å²) in [4.78, 5) is 2.00. The molecule has 0 saturated carbocycles. The van der Waals surface area contributed by atoms with Gasteiger partial charge in [0, 0.05) is 0 Å².